The summed E-state index contributed by atoms with van der Waals surface area (Å²) in [5.74, 6) is 0.634. The minimum atomic E-state index is -0.391. The summed E-state index contributed by atoms with van der Waals surface area (Å²) in [6.45, 7) is 4.48. The molecule has 1 fully saturated rings. The number of cyclic esters (lactones) is 1. The number of anilines is 1. The standard InChI is InChI=1S/C17H18N2O2/c1-17(2)10-11-19(16(20)21-17)15-9-8-14(12-18-15)13-6-4-3-5-7-13/h3-9,12H,10-11H2,1-2H3. The second-order valence-electron chi connectivity index (χ2n) is 5.80. The lowest BCUT2D eigenvalue weighted by Gasteiger charge is -2.35. The van der Waals surface area contributed by atoms with Crippen molar-refractivity contribution >= 4 is 11.9 Å². The normalized spacial score (nSPS) is 17.4. The van der Waals surface area contributed by atoms with Crippen LogP contribution in [-0.2, 0) is 4.74 Å². The molecule has 1 aliphatic heterocycles. The van der Waals surface area contributed by atoms with Gasteiger partial charge in [0, 0.05) is 24.7 Å². The molecule has 1 amide bonds. The van der Waals surface area contributed by atoms with E-state index in [0.29, 0.717) is 12.4 Å². The van der Waals surface area contributed by atoms with Crippen molar-refractivity contribution in [1.82, 2.24) is 4.98 Å². The number of hydrogen-bond donors (Lipinski definition) is 0. The van der Waals surface area contributed by atoms with Crippen molar-refractivity contribution in [3.05, 3.63) is 48.7 Å². The number of carbonyl (C=O) groups is 1. The van der Waals surface area contributed by atoms with E-state index in [9.17, 15) is 4.79 Å². The molecule has 4 heteroatoms. The number of pyridine rings is 1. The molecule has 2 heterocycles. The van der Waals surface area contributed by atoms with Gasteiger partial charge in [0.15, 0.2) is 0 Å². The molecular weight excluding hydrogens is 264 g/mol. The van der Waals surface area contributed by atoms with Gasteiger partial charge in [0.1, 0.15) is 11.4 Å². The summed E-state index contributed by atoms with van der Waals surface area (Å²) in [6.07, 6.45) is 2.25. The number of amides is 1. The average molecular weight is 282 g/mol. The van der Waals surface area contributed by atoms with Gasteiger partial charge in [-0.25, -0.2) is 9.78 Å². The Hall–Kier alpha value is -2.36. The third kappa shape index (κ3) is 2.89. The summed E-state index contributed by atoms with van der Waals surface area (Å²) in [5, 5.41) is 0. The lowest BCUT2D eigenvalue weighted by atomic mass is 10.0. The second-order valence-corrected chi connectivity index (χ2v) is 5.80. The molecule has 1 aliphatic rings. The average Bonchev–Trinajstić information content (AvgIpc) is 2.48. The summed E-state index contributed by atoms with van der Waals surface area (Å²) in [6, 6.07) is 13.9. The molecule has 108 valence electrons. The van der Waals surface area contributed by atoms with Gasteiger partial charge in [-0.2, -0.15) is 0 Å². The number of ether oxygens (including phenoxy) is 1. The van der Waals surface area contributed by atoms with Crippen molar-refractivity contribution in [2.75, 3.05) is 11.4 Å². The Kier molecular flexibility index (Phi) is 3.37. The van der Waals surface area contributed by atoms with E-state index in [1.54, 1.807) is 11.1 Å². The quantitative estimate of drug-likeness (QED) is 0.839. The van der Waals surface area contributed by atoms with E-state index in [2.05, 4.69) is 4.98 Å². The Morgan fingerprint density at radius 1 is 1.10 bits per heavy atom. The Morgan fingerprint density at radius 3 is 2.48 bits per heavy atom. The first kappa shape index (κ1) is 13.6. The Bertz CT molecular complexity index is 636. The van der Waals surface area contributed by atoms with Crippen molar-refractivity contribution in [3.63, 3.8) is 0 Å². The predicted octanol–water partition coefficient (Wildman–Crippen LogP) is 3.87. The van der Waals surface area contributed by atoms with Crippen LogP contribution in [0.4, 0.5) is 10.6 Å². The highest BCUT2D eigenvalue weighted by Crippen LogP contribution is 2.27. The molecule has 0 spiro atoms. The van der Waals surface area contributed by atoms with Crippen LogP contribution in [0.5, 0.6) is 0 Å². The van der Waals surface area contributed by atoms with Crippen LogP contribution in [0.3, 0.4) is 0 Å². The molecule has 0 radical (unpaired) electrons. The van der Waals surface area contributed by atoms with Crippen LogP contribution in [0.1, 0.15) is 20.3 Å². The van der Waals surface area contributed by atoms with Gasteiger partial charge in [-0.1, -0.05) is 30.3 Å². The molecule has 1 aromatic carbocycles. The fourth-order valence-electron chi connectivity index (χ4n) is 2.37. The van der Waals surface area contributed by atoms with Gasteiger partial charge < -0.3 is 4.74 Å². The topological polar surface area (TPSA) is 42.4 Å². The zero-order valence-corrected chi connectivity index (χ0v) is 12.2. The largest absolute Gasteiger partial charge is 0.443 e. The van der Waals surface area contributed by atoms with Crippen molar-refractivity contribution in [1.29, 1.82) is 0 Å². The molecule has 4 nitrogen and oxygen atoms in total. The summed E-state index contributed by atoms with van der Waals surface area (Å²) in [4.78, 5) is 18.0. The first-order chi connectivity index (χ1) is 10.1. The van der Waals surface area contributed by atoms with Gasteiger partial charge in [0.05, 0.1) is 0 Å². The number of carbonyl (C=O) groups excluding carboxylic acids is 1. The summed E-state index contributed by atoms with van der Waals surface area (Å²) < 4.78 is 5.40. The van der Waals surface area contributed by atoms with E-state index in [-0.39, 0.29) is 6.09 Å². The van der Waals surface area contributed by atoms with Crippen molar-refractivity contribution < 1.29 is 9.53 Å². The molecule has 0 N–H and O–H groups in total. The minimum absolute atomic E-state index is 0.328. The number of benzene rings is 1. The third-order valence-electron chi connectivity index (χ3n) is 3.65. The zero-order chi connectivity index (χ0) is 14.9. The molecular formula is C17H18N2O2. The molecule has 1 aromatic heterocycles. The molecule has 0 bridgehead atoms. The smallest absolute Gasteiger partial charge is 0.416 e. The van der Waals surface area contributed by atoms with Crippen molar-refractivity contribution in [2.45, 2.75) is 25.9 Å². The summed E-state index contributed by atoms with van der Waals surface area (Å²) in [7, 11) is 0. The Balaban J connectivity index is 1.80. The SMILES string of the molecule is CC1(C)CCN(c2ccc(-c3ccccc3)cn2)C(=O)O1. The van der Waals surface area contributed by atoms with E-state index in [4.69, 9.17) is 4.74 Å². The highest BCUT2D eigenvalue weighted by molar-refractivity contribution is 5.87. The van der Waals surface area contributed by atoms with Gasteiger partial charge in [-0.15, -0.1) is 0 Å². The van der Waals surface area contributed by atoms with Crippen molar-refractivity contribution in [2.24, 2.45) is 0 Å². The zero-order valence-electron chi connectivity index (χ0n) is 12.2. The van der Waals surface area contributed by atoms with Crippen LogP contribution in [0.2, 0.25) is 0 Å². The fourth-order valence-corrected chi connectivity index (χ4v) is 2.37. The van der Waals surface area contributed by atoms with E-state index in [1.807, 2.05) is 56.3 Å². The van der Waals surface area contributed by atoms with Crippen LogP contribution >= 0.6 is 0 Å². The molecule has 21 heavy (non-hydrogen) atoms. The second kappa shape index (κ2) is 5.20. The fraction of sp³-hybridized carbons (Fsp3) is 0.294. The number of hydrogen-bond acceptors (Lipinski definition) is 3. The summed E-state index contributed by atoms with van der Waals surface area (Å²) >= 11 is 0. The molecule has 1 saturated heterocycles. The van der Waals surface area contributed by atoms with Gasteiger partial charge >= 0.3 is 6.09 Å². The Labute approximate surface area is 124 Å². The van der Waals surface area contributed by atoms with Crippen LogP contribution < -0.4 is 4.90 Å². The molecule has 3 rings (SSSR count). The van der Waals surface area contributed by atoms with Crippen LogP contribution in [0.15, 0.2) is 48.7 Å². The van der Waals surface area contributed by atoms with Gasteiger partial charge in [0.2, 0.25) is 0 Å². The molecule has 0 aliphatic carbocycles. The van der Waals surface area contributed by atoms with Crippen molar-refractivity contribution in [3.8, 4) is 11.1 Å². The summed E-state index contributed by atoms with van der Waals surface area (Å²) in [5.41, 5.74) is 1.75. The van der Waals surface area contributed by atoms with Crippen LogP contribution in [0, 0.1) is 0 Å². The first-order valence-corrected chi connectivity index (χ1v) is 7.07. The van der Waals surface area contributed by atoms with Crippen LogP contribution in [0.25, 0.3) is 11.1 Å². The lowest BCUT2D eigenvalue weighted by molar-refractivity contribution is 0.0234. The monoisotopic (exact) mass is 282 g/mol. The van der Waals surface area contributed by atoms with Crippen LogP contribution in [-0.4, -0.2) is 23.2 Å². The highest BCUT2D eigenvalue weighted by Gasteiger charge is 2.33. The van der Waals surface area contributed by atoms with Gasteiger partial charge in [0.25, 0.3) is 0 Å². The lowest BCUT2D eigenvalue weighted by Crippen LogP contribution is -2.46. The molecule has 0 saturated carbocycles. The molecule has 0 unspecified atom stereocenters. The highest BCUT2D eigenvalue weighted by atomic mass is 16.6. The van der Waals surface area contributed by atoms with E-state index < -0.39 is 5.60 Å². The van der Waals surface area contributed by atoms with E-state index in [0.717, 1.165) is 17.5 Å². The maximum atomic E-state index is 12.0. The van der Waals surface area contributed by atoms with E-state index >= 15 is 0 Å². The molecule has 2 aromatic rings. The van der Waals surface area contributed by atoms with Gasteiger partial charge in [-0.05, 0) is 31.5 Å². The maximum absolute atomic E-state index is 12.0. The Morgan fingerprint density at radius 2 is 1.86 bits per heavy atom. The maximum Gasteiger partial charge on any atom is 0.416 e. The number of nitrogens with zero attached hydrogens (tertiary/aromatic N) is 2. The first-order valence-electron chi connectivity index (χ1n) is 7.07. The number of rotatable bonds is 2. The minimum Gasteiger partial charge on any atom is -0.443 e. The number of aromatic nitrogens is 1. The van der Waals surface area contributed by atoms with E-state index in [1.165, 1.54) is 0 Å². The molecule has 0 atom stereocenters. The predicted molar refractivity (Wildman–Crippen MR) is 82.2 cm³/mol. The van der Waals surface area contributed by atoms with Gasteiger partial charge in [-0.3, -0.25) is 4.90 Å². The third-order valence-corrected chi connectivity index (χ3v) is 3.65.